The molecule has 3 aromatic rings. The van der Waals surface area contributed by atoms with Gasteiger partial charge in [0.1, 0.15) is 12.4 Å². The molecule has 1 heterocycles. The Morgan fingerprint density at radius 2 is 1.91 bits per heavy atom. The number of aryl methyl sites for hydroxylation is 1. The summed E-state index contributed by atoms with van der Waals surface area (Å²) in [6.07, 6.45) is -0.827. The molecule has 1 amide bonds. The largest absolute Gasteiger partial charge is 0.492 e. The van der Waals surface area contributed by atoms with Gasteiger partial charge < -0.3 is 20.4 Å². The van der Waals surface area contributed by atoms with Crippen molar-refractivity contribution in [2.75, 3.05) is 18.5 Å². The van der Waals surface area contributed by atoms with E-state index in [1.54, 1.807) is 36.5 Å². The molecule has 0 spiro atoms. The van der Waals surface area contributed by atoms with Gasteiger partial charge in [0.05, 0.1) is 16.7 Å². The summed E-state index contributed by atoms with van der Waals surface area (Å²) in [5.74, 6) is 0.140. The lowest BCUT2D eigenvalue weighted by Gasteiger charge is -2.13. The molecule has 0 radical (unpaired) electrons. The molecule has 34 heavy (non-hydrogen) atoms. The molecule has 1 aliphatic rings. The lowest BCUT2D eigenvalue weighted by Crippen LogP contribution is -2.21. The first-order chi connectivity index (χ1) is 16.3. The topological polar surface area (TPSA) is 83.2 Å². The number of ether oxygens (including phenoxy) is 1. The number of amides is 1. The average Bonchev–Trinajstić information content (AvgIpc) is 3.25. The van der Waals surface area contributed by atoms with E-state index in [4.69, 9.17) is 4.74 Å². The van der Waals surface area contributed by atoms with E-state index in [1.807, 2.05) is 0 Å². The Labute approximate surface area is 194 Å². The highest BCUT2D eigenvalue weighted by molar-refractivity contribution is 6.13. The number of carbonyl (C=O) groups is 2. The van der Waals surface area contributed by atoms with Crippen LogP contribution in [-0.4, -0.2) is 29.8 Å². The smallest absolute Gasteiger partial charge is 0.416 e. The van der Waals surface area contributed by atoms with E-state index in [0.717, 1.165) is 30.7 Å². The van der Waals surface area contributed by atoms with Crippen molar-refractivity contribution in [2.24, 2.45) is 0 Å². The number of alkyl halides is 3. The SMILES string of the molecule is O=C(Nc1cccc(OCCNCc2cccc(C(F)(F)F)c2)c1)c1c[nH]c2c1C(=O)CCC2. The van der Waals surface area contributed by atoms with Crippen LogP contribution < -0.4 is 15.4 Å². The van der Waals surface area contributed by atoms with E-state index in [2.05, 4.69) is 15.6 Å². The Bertz CT molecular complexity index is 1190. The van der Waals surface area contributed by atoms with Crippen LogP contribution in [0.1, 0.15) is 50.4 Å². The fraction of sp³-hybridized carbons (Fsp3) is 0.280. The van der Waals surface area contributed by atoms with E-state index in [-0.39, 0.29) is 24.8 Å². The van der Waals surface area contributed by atoms with E-state index in [9.17, 15) is 22.8 Å². The van der Waals surface area contributed by atoms with Crippen molar-refractivity contribution >= 4 is 17.4 Å². The normalized spacial score (nSPS) is 13.4. The molecule has 1 aliphatic carbocycles. The molecule has 0 atom stereocenters. The number of fused-ring (bicyclic) bond motifs is 1. The fourth-order valence-corrected chi connectivity index (χ4v) is 3.91. The zero-order valence-corrected chi connectivity index (χ0v) is 18.3. The van der Waals surface area contributed by atoms with Gasteiger partial charge in [0.2, 0.25) is 0 Å². The third-order valence-electron chi connectivity index (χ3n) is 5.54. The van der Waals surface area contributed by atoms with Crippen LogP contribution in [0.25, 0.3) is 0 Å². The molecular weight excluding hydrogens is 447 g/mol. The van der Waals surface area contributed by atoms with Gasteiger partial charge in [0, 0.05) is 43.2 Å². The Hall–Kier alpha value is -3.59. The third-order valence-corrected chi connectivity index (χ3v) is 5.54. The summed E-state index contributed by atoms with van der Waals surface area (Å²) in [6.45, 7) is 0.990. The molecular formula is C25H24F3N3O3. The molecule has 0 fully saturated rings. The summed E-state index contributed by atoms with van der Waals surface area (Å²) in [4.78, 5) is 28.0. The van der Waals surface area contributed by atoms with E-state index < -0.39 is 11.7 Å². The molecule has 0 saturated heterocycles. The Balaban J connectivity index is 1.27. The quantitative estimate of drug-likeness (QED) is 0.405. The number of ketones is 1. The third kappa shape index (κ3) is 5.66. The van der Waals surface area contributed by atoms with Crippen molar-refractivity contribution in [1.82, 2.24) is 10.3 Å². The second-order valence-corrected chi connectivity index (χ2v) is 8.04. The number of carbonyl (C=O) groups excluding carboxylic acids is 2. The summed E-state index contributed by atoms with van der Waals surface area (Å²) >= 11 is 0. The number of rotatable bonds is 8. The number of anilines is 1. The van der Waals surface area contributed by atoms with Crippen molar-refractivity contribution in [3.8, 4) is 5.75 Å². The number of benzene rings is 2. The summed E-state index contributed by atoms with van der Waals surface area (Å²) in [5.41, 5.74) is 2.00. The molecule has 2 aromatic carbocycles. The van der Waals surface area contributed by atoms with Crippen molar-refractivity contribution in [3.05, 3.63) is 82.7 Å². The highest BCUT2D eigenvalue weighted by Gasteiger charge is 2.30. The lowest BCUT2D eigenvalue weighted by atomic mass is 9.93. The first-order valence-corrected chi connectivity index (χ1v) is 11.0. The molecule has 4 rings (SSSR count). The van der Waals surface area contributed by atoms with Crippen molar-refractivity contribution in [3.63, 3.8) is 0 Å². The van der Waals surface area contributed by atoms with Crippen LogP contribution in [0.5, 0.6) is 5.75 Å². The zero-order chi connectivity index (χ0) is 24.1. The van der Waals surface area contributed by atoms with Gasteiger partial charge in [-0.3, -0.25) is 9.59 Å². The predicted octanol–water partition coefficient (Wildman–Crippen LogP) is 4.97. The van der Waals surface area contributed by atoms with Gasteiger partial charge in [-0.05, 0) is 36.6 Å². The van der Waals surface area contributed by atoms with Crippen LogP contribution in [0.4, 0.5) is 18.9 Å². The molecule has 0 unspecified atom stereocenters. The minimum Gasteiger partial charge on any atom is -0.492 e. The van der Waals surface area contributed by atoms with E-state index >= 15 is 0 Å². The zero-order valence-electron chi connectivity index (χ0n) is 18.3. The maximum atomic E-state index is 12.8. The number of aromatic nitrogens is 1. The first kappa shape index (κ1) is 23.6. The molecule has 178 valence electrons. The van der Waals surface area contributed by atoms with Crippen LogP contribution in [0, 0.1) is 0 Å². The molecule has 1 aromatic heterocycles. The van der Waals surface area contributed by atoms with Crippen LogP contribution in [0.15, 0.2) is 54.7 Å². The van der Waals surface area contributed by atoms with Gasteiger partial charge in [-0.15, -0.1) is 0 Å². The number of hydrogen-bond donors (Lipinski definition) is 3. The Morgan fingerprint density at radius 3 is 2.74 bits per heavy atom. The van der Waals surface area contributed by atoms with Crippen LogP contribution in [0.2, 0.25) is 0 Å². The molecule has 3 N–H and O–H groups in total. The Morgan fingerprint density at radius 1 is 1.09 bits per heavy atom. The molecule has 0 saturated carbocycles. The van der Waals surface area contributed by atoms with E-state index in [0.29, 0.717) is 41.1 Å². The summed E-state index contributed by atoms with van der Waals surface area (Å²) in [6, 6.07) is 12.0. The number of hydrogen-bond acceptors (Lipinski definition) is 4. The maximum Gasteiger partial charge on any atom is 0.416 e. The average molecular weight is 471 g/mol. The summed E-state index contributed by atoms with van der Waals surface area (Å²) in [7, 11) is 0. The summed E-state index contributed by atoms with van der Waals surface area (Å²) < 4.78 is 44.1. The monoisotopic (exact) mass is 471 g/mol. The molecule has 0 aliphatic heterocycles. The maximum absolute atomic E-state index is 12.8. The van der Waals surface area contributed by atoms with Gasteiger partial charge >= 0.3 is 6.18 Å². The predicted molar refractivity (Wildman–Crippen MR) is 121 cm³/mol. The van der Waals surface area contributed by atoms with Gasteiger partial charge in [0.15, 0.2) is 5.78 Å². The van der Waals surface area contributed by atoms with Crippen LogP contribution in [-0.2, 0) is 19.1 Å². The van der Waals surface area contributed by atoms with Gasteiger partial charge in [-0.25, -0.2) is 0 Å². The van der Waals surface area contributed by atoms with E-state index in [1.165, 1.54) is 6.07 Å². The molecule has 9 heteroatoms. The van der Waals surface area contributed by atoms with Crippen LogP contribution in [0.3, 0.4) is 0 Å². The first-order valence-electron chi connectivity index (χ1n) is 11.0. The number of Topliss-reactive ketones (excluding diaryl/α,β-unsaturated/α-hetero) is 1. The Kier molecular flexibility index (Phi) is 7.02. The van der Waals surface area contributed by atoms with Crippen LogP contribution >= 0.6 is 0 Å². The molecule has 0 bridgehead atoms. The number of aromatic amines is 1. The number of halogens is 3. The van der Waals surface area contributed by atoms with Crippen molar-refractivity contribution < 1.29 is 27.5 Å². The van der Waals surface area contributed by atoms with Crippen molar-refractivity contribution in [2.45, 2.75) is 32.0 Å². The minimum absolute atomic E-state index is 0.0256. The minimum atomic E-state index is -4.37. The second-order valence-electron chi connectivity index (χ2n) is 8.04. The fourth-order valence-electron chi connectivity index (χ4n) is 3.91. The lowest BCUT2D eigenvalue weighted by molar-refractivity contribution is -0.137. The number of nitrogens with one attached hydrogen (secondary N) is 3. The second kappa shape index (κ2) is 10.1. The van der Waals surface area contributed by atoms with Crippen molar-refractivity contribution in [1.29, 1.82) is 0 Å². The number of H-pyrrole nitrogens is 1. The highest BCUT2D eigenvalue weighted by Crippen LogP contribution is 2.29. The standard InChI is InChI=1S/C25H24F3N3O3/c26-25(27,28)17-5-1-4-16(12-17)14-29-10-11-34-19-7-2-6-18(13-19)31-24(33)20-15-30-21-8-3-9-22(32)23(20)21/h1-2,4-7,12-13,15,29-30H,3,8-11,14H2,(H,31,33). The molecule has 6 nitrogen and oxygen atoms in total. The summed E-state index contributed by atoms with van der Waals surface area (Å²) in [5, 5.41) is 5.85. The highest BCUT2D eigenvalue weighted by atomic mass is 19.4. The van der Waals surface area contributed by atoms with Gasteiger partial charge in [-0.2, -0.15) is 13.2 Å². The van der Waals surface area contributed by atoms with Gasteiger partial charge in [-0.1, -0.05) is 24.3 Å². The van der Waals surface area contributed by atoms with Gasteiger partial charge in [0.25, 0.3) is 5.91 Å².